The van der Waals surface area contributed by atoms with E-state index in [2.05, 4.69) is 16.3 Å². The highest BCUT2D eigenvalue weighted by molar-refractivity contribution is 7.99. The predicted octanol–water partition coefficient (Wildman–Crippen LogP) is 1.57. The highest BCUT2D eigenvalue weighted by atomic mass is 32.2. The highest BCUT2D eigenvalue weighted by Crippen LogP contribution is 2.27. The van der Waals surface area contributed by atoms with Crippen LogP contribution in [0.2, 0.25) is 0 Å². The highest BCUT2D eigenvalue weighted by Gasteiger charge is 2.27. The minimum atomic E-state index is -3.33. The summed E-state index contributed by atoms with van der Waals surface area (Å²) in [6.07, 6.45) is 9.77. The minimum Gasteiger partial charge on any atom is -0.314 e. The summed E-state index contributed by atoms with van der Waals surface area (Å²) < 4.78 is 29.0. The normalized spacial score (nSPS) is 27.2. The third-order valence-corrected chi connectivity index (χ3v) is 7.07. The van der Waals surface area contributed by atoms with Crippen molar-refractivity contribution in [2.75, 3.05) is 26.4 Å². The maximum Gasteiger partial charge on any atom is 0.279 e. The first-order chi connectivity index (χ1) is 10.0. The Hall–Kier alpha value is 0.180. The number of rotatable bonds is 9. The lowest BCUT2D eigenvalue weighted by Crippen LogP contribution is -2.46. The molecule has 0 spiro atoms. The molecule has 2 saturated carbocycles. The quantitative estimate of drug-likeness (QED) is 0.628. The molecule has 0 aliphatic heterocycles. The molecule has 2 unspecified atom stereocenters. The molecular weight excluding hydrogens is 306 g/mol. The fraction of sp³-hybridized carbons (Fsp3) is 1.00. The summed E-state index contributed by atoms with van der Waals surface area (Å²) in [5, 5.41) is 4.01. The lowest BCUT2D eigenvalue weighted by molar-refractivity contribution is 0.394. The first-order valence-corrected chi connectivity index (χ1v) is 10.7. The Balaban J connectivity index is 1.71. The van der Waals surface area contributed by atoms with Crippen molar-refractivity contribution in [1.82, 2.24) is 14.3 Å². The molecule has 2 atom stereocenters. The van der Waals surface area contributed by atoms with E-state index in [1.165, 1.54) is 23.6 Å². The molecule has 2 aliphatic rings. The molecule has 0 heterocycles. The van der Waals surface area contributed by atoms with Gasteiger partial charge in [-0.2, -0.15) is 29.2 Å². The molecule has 2 rings (SSSR count). The van der Waals surface area contributed by atoms with Gasteiger partial charge in [0, 0.05) is 30.9 Å². The zero-order valence-electron chi connectivity index (χ0n) is 13.2. The number of thioether (sulfide) groups is 1. The van der Waals surface area contributed by atoms with E-state index in [0.717, 1.165) is 32.2 Å². The average Bonchev–Trinajstić information content (AvgIpc) is 3.27. The lowest BCUT2D eigenvalue weighted by atomic mass is 9.96. The second-order valence-corrected chi connectivity index (χ2v) is 9.19. The molecule has 2 aliphatic carbocycles. The van der Waals surface area contributed by atoms with E-state index in [1.807, 2.05) is 11.8 Å². The first-order valence-electron chi connectivity index (χ1n) is 8.01. The van der Waals surface area contributed by atoms with Gasteiger partial charge in [0.05, 0.1) is 0 Å². The Kier molecular flexibility index (Phi) is 6.80. The van der Waals surface area contributed by atoms with E-state index >= 15 is 0 Å². The summed E-state index contributed by atoms with van der Waals surface area (Å²) in [7, 11) is -1.66. The number of hydrogen-bond acceptors (Lipinski definition) is 4. The average molecular weight is 336 g/mol. The van der Waals surface area contributed by atoms with Crippen molar-refractivity contribution in [3.05, 3.63) is 0 Å². The van der Waals surface area contributed by atoms with Gasteiger partial charge in [0.2, 0.25) is 0 Å². The Labute approximate surface area is 133 Å². The summed E-state index contributed by atoms with van der Waals surface area (Å²) in [6.45, 7) is 1.48. The van der Waals surface area contributed by atoms with Crippen LogP contribution >= 0.6 is 11.8 Å². The monoisotopic (exact) mass is 335 g/mol. The molecule has 21 heavy (non-hydrogen) atoms. The molecule has 0 bridgehead atoms. The van der Waals surface area contributed by atoms with Gasteiger partial charge in [-0.3, -0.25) is 0 Å². The molecule has 0 aromatic heterocycles. The minimum absolute atomic E-state index is 0.105. The fourth-order valence-electron chi connectivity index (χ4n) is 2.78. The van der Waals surface area contributed by atoms with Crippen LogP contribution in [0.15, 0.2) is 0 Å². The van der Waals surface area contributed by atoms with E-state index < -0.39 is 10.2 Å². The Morgan fingerprint density at radius 1 is 1.19 bits per heavy atom. The maximum atomic E-state index is 12.3. The summed E-state index contributed by atoms with van der Waals surface area (Å²) >= 11 is 1.85. The van der Waals surface area contributed by atoms with Gasteiger partial charge in [-0.15, -0.1) is 0 Å². The van der Waals surface area contributed by atoms with Crippen LogP contribution in [0.3, 0.4) is 0 Å². The van der Waals surface area contributed by atoms with Gasteiger partial charge in [0.15, 0.2) is 0 Å². The van der Waals surface area contributed by atoms with E-state index in [-0.39, 0.29) is 6.04 Å². The smallest absolute Gasteiger partial charge is 0.279 e. The van der Waals surface area contributed by atoms with Crippen LogP contribution in [0.1, 0.15) is 44.9 Å². The molecule has 7 heteroatoms. The lowest BCUT2D eigenvalue weighted by Gasteiger charge is -2.30. The SMILES string of the molecule is CSC1CCCC(NS(=O)(=O)N(C)CCCNC2CC2)C1. The topological polar surface area (TPSA) is 61.4 Å². The van der Waals surface area contributed by atoms with Crippen LogP contribution in [-0.4, -0.2) is 56.4 Å². The van der Waals surface area contributed by atoms with Crippen molar-refractivity contribution in [2.45, 2.75) is 62.3 Å². The largest absolute Gasteiger partial charge is 0.314 e. The van der Waals surface area contributed by atoms with E-state index in [4.69, 9.17) is 0 Å². The Morgan fingerprint density at radius 2 is 1.95 bits per heavy atom. The molecule has 2 fully saturated rings. The van der Waals surface area contributed by atoms with Gasteiger partial charge in [0.25, 0.3) is 10.2 Å². The summed E-state index contributed by atoms with van der Waals surface area (Å²) in [5.41, 5.74) is 0. The third kappa shape index (κ3) is 6.06. The summed E-state index contributed by atoms with van der Waals surface area (Å²) in [6, 6.07) is 0.795. The van der Waals surface area contributed by atoms with Crippen molar-refractivity contribution < 1.29 is 8.42 Å². The van der Waals surface area contributed by atoms with Crippen LogP contribution in [0, 0.1) is 0 Å². The van der Waals surface area contributed by atoms with Gasteiger partial charge in [-0.05, 0) is 51.3 Å². The van der Waals surface area contributed by atoms with E-state index in [1.54, 1.807) is 7.05 Å². The standard InChI is InChI=1S/C14H29N3O2S2/c1-17(10-4-9-15-12-7-8-12)21(18,19)16-13-5-3-6-14(11-13)20-2/h12-16H,3-11H2,1-2H3. The zero-order chi connectivity index (χ0) is 15.3. The van der Waals surface area contributed by atoms with Gasteiger partial charge < -0.3 is 5.32 Å². The zero-order valence-corrected chi connectivity index (χ0v) is 14.8. The van der Waals surface area contributed by atoms with Crippen LogP contribution in [0.4, 0.5) is 0 Å². The first kappa shape index (κ1) is 17.5. The molecule has 0 aromatic carbocycles. The second kappa shape index (κ2) is 8.15. The van der Waals surface area contributed by atoms with Crippen LogP contribution in [0.25, 0.3) is 0 Å². The van der Waals surface area contributed by atoms with Crippen LogP contribution in [0.5, 0.6) is 0 Å². The molecular formula is C14H29N3O2S2. The second-order valence-electron chi connectivity index (χ2n) is 6.25. The molecule has 124 valence electrons. The van der Waals surface area contributed by atoms with Crippen molar-refractivity contribution in [1.29, 1.82) is 0 Å². The van der Waals surface area contributed by atoms with Crippen molar-refractivity contribution in [3.8, 4) is 0 Å². The van der Waals surface area contributed by atoms with Crippen LogP contribution in [-0.2, 0) is 10.2 Å². The van der Waals surface area contributed by atoms with Crippen molar-refractivity contribution in [3.63, 3.8) is 0 Å². The van der Waals surface area contributed by atoms with E-state index in [0.29, 0.717) is 17.8 Å². The molecule has 2 N–H and O–H groups in total. The van der Waals surface area contributed by atoms with Gasteiger partial charge in [-0.1, -0.05) is 6.42 Å². The Bertz CT molecular complexity index is 412. The van der Waals surface area contributed by atoms with Crippen LogP contribution < -0.4 is 10.0 Å². The Morgan fingerprint density at radius 3 is 2.62 bits per heavy atom. The van der Waals surface area contributed by atoms with Gasteiger partial charge in [0.1, 0.15) is 0 Å². The third-order valence-electron chi connectivity index (χ3n) is 4.35. The maximum absolute atomic E-state index is 12.3. The van der Waals surface area contributed by atoms with Crippen molar-refractivity contribution in [2.24, 2.45) is 0 Å². The van der Waals surface area contributed by atoms with Gasteiger partial charge >= 0.3 is 0 Å². The summed E-state index contributed by atoms with van der Waals surface area (Å²) in [5.74, 6) is 0. The molecule has 0 saturated heterocycles. The van der Waals surface area contributed by atoms with Gasteiger partial charge in [-0.25, -0.2) is 0 Å². The molecule has 0 aromatic rings. The fourth-order valence-corrected chi connectivity index (χ4v) is 4.79. The summed E-state index contributed by atoms with van der Waals surface area (Å²) in [4.78, 5) is 0. The van der Waals surface area contributed by atoms with E-state index in [9.17, 15) is 8.42 Å². The molecule has 0 radical (unpaired) electrons. The van der Waals surface area contributed by atoms with Crippen molar-refractivity contribution >= 4 is 22.0 Å². The number of hydrogen-bond donors (Lipinski definition) is 2. The molecule has 0 amide bonds. The number of nitrogens with zero attached hydrogens (tertiary/aromatic N) is 1. The number of nitrogens with one attached hydrogen (secondary N) is 2. The predicted molar refractivity (Wildman–Crippen MR) is 89.9 cm³/mol. The molecule has 5 nitrogen and oxygen atoms in total.